The van der Waals surface area contributed by atoms with Gasteiger partial charge in [-0.1, -0.05) is 12.1 Å². The van der Waals surface area contributed by atoms with Gasteiger partial charge in [0.1, 0.15) is 12.4 Å². The lowest BCUT2D eigenvalue weighted by molar-refractivity contribution is 0.210. The van der Waals surface area contributed by atoms with Crippen LogP contribution in [0, 0.1) is 6.92 Å². The number of anilines is 1. The summed E-state index contributed by atoms with van der Waals surface area (Å²) in [6.45, 7) is 4.82. The Morgan fingerprint density at radius 3 is 3.00 bits per heavy atom. The van der Waals surface area contributed by atoms with Crippen molar-refractivity contribution in [1.29, 1.82) is 0 Å². The molecule has 108 valence electrons. The van der Waals surface area contributed by atoms with Gasteiger partial charge in [0.05, 0.1) is 13.2 Å². The molecule has 0 atom stereocenters. The zero-order chi connectivity index (χ0) is 14.2. The van der Waals surface area contributed by atoms with Gasteiger partial charge in [0, 0.05) is 26.0 Å². The summed E-state index contributed by atoms with van der Waals surface area (Å²) in [5.74, 6) is 1.74. The van der Waals surface area contributed by atoms with Gasteiger partial charge in [-0.15, -0.1) is 0 Å². The lowest BCUT2D eigenvalue weighted by atomic mass is 10.2. The van der Waals surface area contributed by atoms with Crippen molar-refractivity contribution in [3.63, 3.8) is 0 Å². The van der Waals surface area contributed by atoms with E-state index in [-0.39, 0.29) is 0 Å². The fourth-order valence-electron chi connectivity index (χ4n) is 1.89. The van der Waals surface area contributed by atoms with E-state index in [0.717, 1.165) is 24.8 Å². The van der Waals surface area contributed by atoms with Gasteiger partial charge in [0.15, 0.2) is 0 Å². The van der Waals surface area contributed by atoms with Crippen LogP contribution in [0.2, 0.25) is 0 Å². The third-order valence-electron chi connectivity index (χ3n) is 2.90. The van der Waals surface area contributed by atoms with Crippen molar-refractivity contribution >= 4 is 5.95 Å². The Kier molecular flexibility index (Phi) is 5.43. The van der Waals surface area contributed by atoms with E-state index in [1.807, 2.05) is 29.0 Å². The fourth-order valence-corrected chi connectivity index (χ4v) is 1.89. The van der Waals surface area contributed by atoms with E-state index in [1.165, 1.54) is 5.56 Å². The largest absolute Gasteiger partial charge is 0.492 e. The van der Waals surface area contributed by atoms with Crippen LogP contribution < -0.4 is 10.1 Å². The van der Waals surface area contributed by atoms with E-state index in [1.54, 1.807) is 13.3 Å². The van der Waals surface area contributed by atoms with Gasteiger partial charge in [-0.05, 0) is 24.6 Å². The minimum Gasteiger partial charge on any atom is -0.492 e. The molecule has 0 radical (unpaired) electrons. The molecule has 20 heavy (non-hydrogen) atoms. The molecule has 1 aromatic carbocycles. The molecule has 0 aliphatic heterocycles. The number of methoxy groups -OCH3 is 1. The summed E-state index contributed by atoms with van der Waals surface area (Å²) in [6.07, 6.45) is 3.72. The van der Waals surface area contributed by atoms with E-state index in [9.17, 15) is 0 Å². The molecule has 0 aliphatic carbocycles. The maximum absolute atomic E-state index is 5.74. The van der Waals surface area contributed by atoms with Crippen molar-refractivity contribution in [2.75, 3.05) is 32.2 Å². The smallest absolute Gasteiger partial charge is 0.202 e. The summed E-state index contributed by atoms with van der Waals surface area (Å²) in [6, 6.07) is 8.06. The molecular formula is C15H21N3O2. The number of nitrogens with one attached hydrogen (secondary N) is 1. The Hall–Kier alpha value is -2.01. The topological polar surface area (TPSA) is 48.3 Å². The molecule has 0 spiro atoms. The first-order valence-electron chi connectivity index (χ1n) is 6.73. The van der Waals surface area contributed by atoms with E-state index in [4.69, 9.17) is 9.47 Å². The van der Waals surface area contributed by atoms with Crippen molar-refractivity contribution in [1.82, 2.24) is 9.55 Å². The number of aromatic nitrogens is 2. The first-order valence-corrected chi connectivity index (χ1v) is 6.73. The summed E-state index contributed by atoms with van der Waals surface area (Å²) in [5.41, 5.74) is 1.20. The molecule has 1 N–H and O–H groups in total. The molecule has 0 amide bonds. The van der Waals surface area contributed by atoms with Crippen LogP contribution in [-0.4, -0.2) is 36.4 Å². The van der Waals surface area contributed by atoms with Crippen LogP contribution in [0.4, 0.5) is 5.95 Å². The zero-order valence-corrected chi connectivity index (χ0v) is 12.0. The molecule has 0 unspecified atom stereocenters. The second-order valence-electron chi connectivity index (χ2n) is 4.53. The second kappa shape index (κ2) is 7.55. The van der Waals surface area contributed by atoms with Crippen LogP contribution in [0.1, 0.15) is 5.56 Å². The summed E-state index contributed by atoms with van der Waals surface area (Å²) >= 11 is 0. The van der Waals surface area contributed by atoms with Crippen molar-refractivity contribution in [3.8, 4) is 5.75 Å². The SMILES string of the molecule is COCCNc1nccn1CCOc1cccc(C)c1. The number of ether oxygens (including phenoxy) is 2. The number of benzene rings is 1. The van der Waals surface area contributed by atoms with Crippen LogP contribution in [-0.2, 0) is 11.3 Å². The van der Waals surface area contributed by atoms with Gasteiger partial charge in [-0.25, -0.2) is 4.98 Å². The monoisotopic (exact) mass is 275 g/mol. The third kappa shape index (κ3) is 4.28. The Morgan fingerprint density at radius 1 is 1.30 bits per heavy atom. The predicted molar refractivity (Wildman–Crippen MR) is 79.3 cm³/mol. The second-order valence-corrected chi connectivity index (χ2v) is 4.53. The van der Waals surface area contributed by atoms with Crippen LogP contribution in [0.15, 0.2) is 36.7 Å². The highest BCUT2D eigenvalue weighted by atomic mass is 16.5. The van der Waals surface area contributed by atoms with Gasteiger partial charge < -0.3 is 19.4 Å². The number of aryl methyl sites for hydroxylation is 1. The number of hydrogen-bond donors (Lipinski definition) is 1. The van der Waals surface area contributed by atoms with Crippen LogP contribution in [0.25, 0.3) is 0 Å². The number of imidazole rings is 1. The van der Waals surface area contributed by atoms with E-state index in [0.29, 0.717) is 13.2 Å². The third-order valence-corrected chi connectivity index (χ3v) is 2.90. The van der Waals surface area contributed by atoms with Crippen LogP contribution in [0.3, 0.4) is 0 Å². The van der Waals surface area contributed by atoms with Gasteiger partial charge in [-0.2, -0.15) is 0 Å². The van der Waals surface area contributed by atoms with Crippen molar-refractivity contribution in [3.05, 3.63) is 42.2 Å². The molecule has 0 fully saturated rings. The average molecular weight is 275 g/mol. The van der Waals surface area contributed by atoms with Crippen LogP contribution in [0.5, 0.6) is 5.75 Å². The quantitative estimate of drug-likeness (QED) is 0.751. The molecule has 0 bridgehead atoms. The van der Waals surface area contributed by atoms with Gasteiger partial charge in [0.2, 0.25) is 5.95 Å². The van der Waals surface area contributed by atoms with Gasteiger partial charge >= 0.3 is 0 Å². The average Bonchev–Trinajstić information content (AvgIpc) is 2.87. The Bertz CT molecular complexity index is 525. The maximum Gasteiger partial charge on any atom is 0.202 e. The van der Waals surface area contributed by atoms with Crippen molar-refractivity contribution < 1.29 is 9.47 Å². The molecule has 0 saturated heterocycles. The first kappa shape index (κ1) is 14.4. The molecule has 0 aliphatic rings. The van der Waals surface area contributed by atoms with Gasteiger partial charge in [0.25, 0.3) is 0 Å². The van der Waals surface area contributed by atoms with E-state index in [2.05, 4.69) is 23.3 Å². The molecule has 1 aromatic heterocycles. The summed E-state index contributed by atoms with van der Waals surface area (Å²) in [7, 11) is 1.68. The first-order chi connectivity index (χ1) is 9.79. The Morgan fingerprint density at radius 2 is 2.20 bits per heavy atom. The molecule has 5 heteroatoms. The Balaban J connectivity index is 1.80. The molecule has 2 rings (SSSR count). The number of rotatable bonds is 8. The molecular weight excluding hydrogens is 254 g/mol. The molecule has 1 heterocycles. The minimum atomic E-state index is 0.610. The lowest BCUT2D eigenvalue weighted by Gasteiger charge is -2.11. The highest BCUT2D eigenvalue weighted by Gasteiger charge is 2.02. The highest BCUT2D eigenvalue weighted by molar-refractivity contribution is 5.28. The Labute approximate surface area is 119 Å². The molecule has 5 nitrogen and oxygen atoms in total. The summed E-state index contributed by atoms with van der Waals surface area (Å²) < 4.78 is 12.8. The summed E-state index contributed by atoms with van der Waals surface area (Å²) in [5, 5.41) is 3.22. The van der Waals surface area contributed by atoms with Crippen LogP contribution >= 0.6 is 0 Å². The normalized spacial score (nSPS) is 10.5. The highest BCUT2D eigenvalue weighted by Crippen LogP contribution is 2.12. The number of hydrogen-bond acceptors (Lipinski definition) is 4. The van der Waals surface area contributed by atoms with E-state index >= 15 is 0 Å². The predicted octanol–water partition coefficient (Wildman–Crippen LogP) is 2.33. The minimum absolute atomic E-state index is 0.610. The number of nitrogens with zero attached hydrogens (tertiary/aromatic N) is 2. The lowest BCUT2D eigenvalue weighted by Crippen LogP contribution is -2.14. The van der Waals surface area contributed by atoms with Crippen molar-refractivity contribution in [2.24, 2.45) is 0 Å². The maximum atomic E-state index is 5.74. The molecule has 2 aromatic rings. The fraction of sp³-hybridized carbons (Fsp3) is 0.400. The van der Waals surface area contributed by atoms with Gasteiger partial charge in [-0.3, -0.25) is 0 Å². The summed E-state index contributed by atoms with van der Waals surface area (Å²) in [4.78, 5) is 4.27. The van der Waals surface area contributed by atoms with E-state index < -0.39 is 0 Å². The molecule has 0 saturated carbocycles. The standard InChI is InChI=1S/C15H21N3O2/c1-13-4-3-5-14(12-13)20-11-9-18-8-6-16-15(18)17-7-10-19-2/h3-6,8,12H,7,9-11H2,1-2H3,(H,16,17). The van der Waals surface area contributed by atoms with Crippen molar-refractivity contribution in [2.45, 2.75) is 13.5 Å². The zero-order valence-electron chi connectivity index (χ0n) is 12.0.